The Labute approximate surface area is 110 Å². The van der Waals surface area contributed by atoms with E-state index in [-0.39, 0.29) is 0 Å². The molecule has 0 radical (unpaired) electrons. The van der Waals surface area contributed by atoms with E-state index in [2.05, 4.69) is 35.7 Å². The van der Waals surface area contributed by atoms with Crippen LogP contribution in [-0.4, -0.2) is 47.1 Å². The molecule has 0 bridgehead atoms. The molecule has 1 aliphatic carbocycles. The topological polar surface area (TPSA) is 32.3 Å². The van der Waals surface area contributed by atoms with Crippen molar-refractivity contribution in [2.45, 2.75) is 24.2 Å². The Balaban J connectivity index is 1.60. The molecule has 0 atom stereocenters. The summed E-state index contributed by atoms with van der Waals surface area (Å²) in [5.41, 5.74) is 1.13. The first-order chi connectivity index (χ1) is 8.36. The van der Waals surface area contributed by atoms with Crippen LogP contribution in [-0.2, 0) is 5.33 Å². The number of piperazine rings is 1. The number of nitrogens with zero attached hydrogens (tertiary/aromatic N) is 4. The minimum Gasteiger partial charge on any atom is -0.338 e. The second-order valence-electron chi connectivity index (χ2n) is 4.78. The van der Waals surface area contributed by atoms with Crippen LogP contribution in [0.15, 0.2) is 12.4 Å². The summed E-state index contributed by atoms with van der Waals surface area (Å²) in [6.45, 7) is 4.44. The number of hydrogen-bond acceptors (Lipinski definition) is 4. The minimum atomic E-state index is 0.822. The highest BCUT2D eigenvalue weighted by atomic mass is 79.9. The summed E-state index contributed by atoms with van der Waals surface area (Å²) < 4.78 is 0. The quantitative estimate of drug-likeness (QED) is 0.794. The van der Waals surface area contributed by atoms with E-state index in [0.29, 0.717) is 0 Å². The van der Waals surface area contributed by atoms with Crippen LogP contribution in [0.3, 0.4) is 0 Å². The van der Waals surface area contributed by atoms with Crippen molar-refractivity contribution in [3.05, 3.63) is 18.0 Å². The summed E-state index contributed by atoms with van der Waals surface area (Å²) in [5, 5.41) is 0.822. The molecular weight excluding hydrogens is 280 g/mol. The van der Waals surface area contributed by atoms with E-state index in [1.165, 1.54) is 12.8 Å². The Morgan fingerprint density at radius 2 is 1.76 bits per heavy atom. The van der Waals surface area contributed by atoms with Crippen LogP contribution in [0.1, 0.15) is 18.4 Å². The van der Waals surface area contributed by atoms with Crippen LogP contribution < -0.4 is 4.90 Å². The minimum absolute atomic E-state index is 0.822. The number of alkyl halides is 1. The normalized spacial score (nSPS) is 21.8. The highest BCUT2D eigenvalue weighted by Gasteiger charge is 2.31. The Morgan fingerprint density at radius 3 is 2.29 bits per heavy atom. The molecule has 4 nitrogen and oxygen atoms in total. The molecule has 0 aromatic carbocycles. The van der Waals surface area contributed by atoms with Gasteiger partial charge in [0.2, 0.25) is 5.95 Å². The van der Waals surface area contributed by atoms with Gasteiger partial charge in [-0.2, -0.15) is 0 Å². The van der Waals surface area contributed by atoms with Crippen LogP contribution in [0.5, 0.6) is 0 Å². The number of halogens is 1. The largest absolute Gasteiger partial charge is 0.338 e. The molecular formula is C12H17BrN4. The van der Waals surface area contributed by atoms with E-state index in [4.69, 9.17) is 0 Å². The zero-order chi connectivity index (χ0) is 11.7. The van der Waals surface area contributed by atoms with Crippen molar-refractivity contribution < 1.29 is 0 Å². The monoisotopic (exact) mass is 296 g/mol. The lowest BCUT2D eigenvalue weighted by molar-refractivity contribution is 0.247. The standard InChI is InChI=1S/C12H17BrN4/c13-7-10-8-14-12(15-9-10)17-5-3-16(4-6-17)11-1-2-11/h8-9,11H,1-7H2. The highest BCUT2D eigenvalue weighted by Crippen LogP contribution is 2.27. The predicted molar refractivity (Wildman–Crippen MR) is 71.5 cm³/mol. The zero-order valence-corrected chi connectivity index (χ0v) is 11.4. The third-order valence-corrected chi connectivity index (χ3v) is 4.15. The molecule has 1 aliphatic heterocycles. The molecule has 0 amide bonds. The van der Waals surface area contributed by atoms with Gasteiger partial charge in [-0.25, -0.2) is 9.97 Å². The molecule has 17 heavy (non-hydrogen) atoms. The molecule has 1 aromatic rings. The summed E-state index contributed by atoms with van der Waals surface area (Å²) >= 11 is 3.41. The maximum absolute atomic E-state index is 4.43. The van der Waals surface area contributed by atoms with Crippen LogP contribution in [0, 0.1) is 0 Å². The number of anilines is 1. The lowest BCUT2D eigenvalue weighted by atomic mass is 10.3. The van der Waals surface area contributed by atoms with Crippen molar-refractivity contribution in [3.63, 3.8) is 0 Å². The van der Waals surface area contributed by atoms with Gasteiger partial charge in [0.15, 0.2) is 0 Å². The Bertz CT molecular complexity index is 369. The molecule has 0 N–H and O–H groups in total. The number of rotatable bonds is 3. The molecule has 5 heteroatoms. The van der Waals surface area contributed by atoms with Gasteiger partial charge >= 0.3 is 0 Å². The number of aromatic nitrogens is 2. The predicted octanol–water partition coefficient (Wildman–Crippen LogP) is 1.66. The van der Waals surface area contributed by atoms with Gasteiger partial charge in [-0.05, 0) is 18.4 Å². The second kappa shape index (κ2) is 4.90. The maximum atomic E-state index is 4.43. The van der Waals surface area contributed by atoms with E-state index in [9.17, 15) is 0 Å². The molecule has 2 heterocycles. The van der Waals surface area contributed by atoms with Gasteiger partial charge < -0.3 is 4.90 Å². The average Bonchev–Trinajstić information content (AvgIpc) is 3.24. The average molecular weight is 297 g/mol. The second-order valence-corrected chi connectivity index (χ2v) is 5.34. The first-order valence-electron chi connectivity index (χ1n) is 6.22. The Hall–Kier alpha value is -0.680. The van der Waals surface area contributed by atoms with Crippen LogP contribution in [0.4, 0.5) is 5.95 Å². The van der Waals surface area contributed by atoms with Crippen molar-refractivity contribution in [1.29, 1.82) is 0 Å². The lowest BCUT2D eigenvalue weighted by Gasteiger charge is -2.34. The van der Waals surface area contributed by atoms with Crippen LogP contribution in [0.2, 0.25) is 0 Å². The molecule has 1 saturated heterocycles. The van der Waals surface area contributed by atoms with E-state index in [1.54, 1.807) is 0 Å². The fraction of sp³-hybridized carbons (Fsp3) is 0.667. The van der Waals surface area contributed by atoms with E-state index in [1.807, 2.05) is 12.4 Å². The summed E-state index contributed by atoms with van der Waals surface area (Å²) in [6.07, 6.45) is 6.61. The van der Waals surface area contributed by atoms with Crippen LogP contribution >= 0.6 is 15.9 Å². The van der Waals surface area contributed by atoms with Crippen molar-refractivity contribution in [2.75, 3.05) is 31.1 Å². The van der Waals surface area contributed by atoms with E-state index >= 15 is 0 Å². The molecule has 0 unspecified atom stereocenters. The molecule has 2 aliphatic rings. The van der Waals surface area contributed by atoms with Gasteiger partial charge in [-0.1, -0.05) is 15.9 Å². The van der Waals surface area contributed by atoms with Crippen LogP contribution in [0.25, 0.3) is 0 Å². The molecule has 2 fully saturated rings. The van der Waals surface area contributed by atoms with Crippen molar-refractivity contribution in [3.8, 4) is 0 Å². The summed E-state index contributed by atoms with van der Waals surface area (Å²) in [5.74, 6) is 0.880. The molecule has 0 spiro atoms. The highest BCUT2D eigenvalue weighted by molar-refractivity contribution is 9.08. The third kappa shape index (κ3) is 2.60. The Kier molecular flexibility index (Phi) is 3.29. The summed E-state index contributed by atoms with van der Waals surface area (Å²) in [7, 11) is 0. The smallest absolute Gasteiger partial charge is 0.225 e. The van der Waals surface area contributed by atoms with Gasteiger partial charge in [-0.3, -0.25) is 4.90 Å². The van der Waals surface area contributed by atoms with Gasteiger partial charge in [0.25, 0.3) is 0 Å². The molecule has 92 valence electrons. The van der Waals surface area contributed by atoms with Crippen molar-refractivity contribution >= 4 is 21.9 Å². The fourth-order valence-corrected chi connectivity index (χ4v) is 2.60. The SMILES string of the molecule is BrCc1cnc(N2CCN(C3CC3)CC2)nc1. The Morgan fingerprint density at radius 1 is 1.12 bits per heavy atom. The van der Waals surface area contributed by atoms with Gasteiger partial charge in [0, 0.05) is 49.9 Å². The maximum Gasteiger partial charge on any atom is 0.225 e. The first kappa shape index (κ1) is 11.4. The van der Waals surface area contributed by atoms with Gasteiger partial charge in [0.05, 0.1) is 0 Å². The third-order valence-electron chi connectivity index (χ3n) is 3.51. The molecule has 3 rings (SSSR count). The summed E-state index contributed by atoms with van der Waals surface area (Å²) in [4.78, 5) is 13.7. The van der Waals surface area contributed by atoms with E-state index < -0.39 is 0 Å². The first-order valence-corrected chi connectivity index (χ1v) is 7.35. The van der Waals surface area contributed by atoms with Crippen molar-refractivity contribution in [2.24, 2.45) is 0 Å². The van der Waals surface area contributed by atoms with Gasteiger partial charge in [-0.15, -0.1) is 0 Å². The molecule has 1 aromatic heterocycles. The lowest BCUT2D eigenvalue weighted by Crippen LogP contribution is -2.47. The fourth-order valence-electron chi connectivity index (χ4n) is 2.31. The van der Waals surface area contributed by atoms with Crippen molar-refractivity contribution in [1.82, 2.24) is 14.9 Å². The number of hydrogen-bond donors (Lipinski definition) is 0. The molecule has 1 saturated carbocycles. The van der Waals surface area contributed by atoms with Gasteiger partial charge in [0.1, 0.15) is 0 Å². The summed E-state index contributed by atoms with van der Waals surface area (Å²) in [6, 6.07) is 0.883. The zero-order valence-electron chi connectivity index (χ0n) is 9.85. The van der Waals surface area contributed by atoms with E-state index in [0.717, 1.165) is 49.1 Å².